The van der Waals surface area contributed by atoms with E-state index in [4.69, 9.17) is 4.74 Å². The number of phenols is 1. The third-order valence-electron chi connectivity index (χ3n) is 6.95. The average Bonchev–Trinajstić information content (AvgIpc) is 3.52. The van der Waals surface area contributed by atoms with Gasteiger partial charge in [-0.05, 0) is 58.7 Å². The lowest BCUT2D eigenvalue weighted by Crippen LogP contribution is -2.53. The van der Waals surface area contributed by atoms with Gasteiger partial charge in [-0.2, -0.15) is 10.2 Å². The molecule has 0 saturated heterocycles. The maximum Gasteiger partial charge on any atom is 0.333 e. The van der Waals surface area contributed by atoms with Gasteiger partial charge in [-0.25, -0.2) is 13.8 Å². The molecule has 3 aromatic heterocycles. The summed E-state index contributed by atoms with van der Waals surface area (Å²) in [6, 6.07) is 3.36. The molecule has 4 rings (SSSR count). The van der Waals surface area contributed by atoms with Crippen LogP contribution >= 0.6 is 11.3 Å². The van der Waals surface area contributed by atoms with Crippen molar-refractivity contribution in [3.63, 3.8) is 0 Å². The molecule has 0 fully saturated rings. The molecular weight excluding hydrogens is 565 g/mol. The number of carbonyl (C=O) groups excluding carboxylic acids is 1. The Hall–Kier alpha value is -3.68. The molecule has 1 aromatic carbocycles. The van der Waals surface area contributed by atoms with Gasteiger partial charge in [0.2, 0.25) is 0 Å². The monoisotopic (exact) mass is 601 g/mol. The van der Waals surface area contributed by atoms with Crippen molar-refractivity contribution in [2.24, 2.45) is 5.92 Å². The highest BCUT2D eigenvalue weighted by Gasteiger charge is 2.36. The number of ketones is 1. The molecule has 1 atom stereocenters. The number of hydrogen-bond acceptors (Lipinski definition) is 9. The number of benzene rings is 1. The number of thiophene rings is 1. The van der Waals surface area contributed by atoms with E-state index in [-0.39, 0.29) is 52.8 Å². The van der Waals surface area contributed by atoms with Gasteiger partial charge < -0.3 is 14.9 Å². The van der Waals surface area contributed by atoms with E-state index in [2.05, 4.69) is 10.2 Å². The maximum absolute atomic E-state index is 14.4. The van der Waals surface area contributed by atoms with Gasteiger partial charge in [0.05, 0.1) is 36.5 Å². The molecule has 0 aliphatic rings. The second kappa shape index (κ2) is 11.5. The number of aryl methyl sites for hydroxylation is 1. The van der Waals surface area contributed by atoms with E-state index in [1.54, 1.807) is 6.92 Å². The molecule has 13 heteroatoms. The SMILES string of the molecule is Cc1c(-n2nccn2)sc2c1c(=O)n(C(C)(C)C(=O)CC(C)C)c(=O)n2C[C@H](OCC(C)(C)O)c1cc(F)ccc1O. The van der Waals surface area contributed by atoms with Crippen LogP contribution in [0, 0.1) is 18.7 Å². The van der Waals surface area contributed by atoms with Gasteiger partial charge in [-0.3, -0.25) is 14.2 Å². The lowest BCUT2D eigenvalue weighted by Gasteiger charge is -2.29. The van der Waals surface area contributed by atoms with E-state index >= 15 is 0 Å². The molecule has 42 heavy (non-hydrogen) atoms. The topological polar surface area (TPSA) is 141 Å². The number of hydrogen-bond donors (Lipinski definition) is 2. The fourth-order valence-corrected chi connectivity index (χ4v) is 5.96. The molecular formula is C29H36FN5O6S. The number of phenolic OH excluding ortho intramolecular Hbond substituents is 1. The second-order valence-electron chi connectivity index (χ2n) is 12.0. The summed E-state index contributed by atoms with van der Waals surface area (Å²) in [4.78, 5) is 43.3. The highest BCUT2D eigenvalue weighted by Crippen LogP contribution is 2.34. The fourth-order valence-electron chi connectivity index (χ4n) is 4.74. The van der Waals surface area contributed by atoms with Crippen LogP contribution in [0.15, 0.2) is 40.2 Å². The van der Waals surface area contributed by atoms with E-state index in [9.17, 15) is 29.0 Å². The van der Waals surface area contributed by atoms with Crippen LogP contribution in [0.1, 0.15) is 65.2 Å². The standard InChI is InChI=1S/C29H36FN5O6S/c1-16(2)12-22(37)29(6,7)34-24(38)23-17(3)25(35-31-10-11-32-35)42-26(23)33(27(34)39)14-21(41-15-28(4,5)40)19-13-18(30)8-9-20(19)36/h8-11,13,16,21,36,40H,12,14-15H2,1-7H3/t21-/m0/s1. The molecule has 0 amide bonds. The molecule has 0 spiro atoms. The number of fused-ring (bicyclic) bond motifs is 1. The van der Waals surface area contributed by atoms with Crippen LogP contribution in [0.3, 0.4) is 0 Å². The summed E-state index contributed by atoms with van der Waals surface area (Å²) in [6.07, 6.45) is 1.99. The summed E-state index contributed by atoms with van der Waals surface area (Å²) in [6.45, 7) is 11.1. The maximum atomic E-state index is 14.4. The fraction of sp³-hybridized carbons (Fsp3) is 0.483. The Morgan fingerprint density at radius 1 is 1.14 bits per heavy atom. The summed E-state index contributed by atoms with van der Waals surface area (Å²) in [5, 5.41) is 30.1. The molecule has 0 aliphatic carbocycles. The Morgan fingerprint density at radius 3 is 2.38 bits per heavy atom. The van der Waals surface area contributed by atoms with E-state index in [0.717, 1.165) is 28.0 Å². The third kappa shape index (κ3) is 6.08. The first kappa shape index (κ1) is 31.3. The van der Waals surface area contributed by atoms with Gasteiger partial charge in [-0.1, -0.05) is 25.2 Å². The van der Waals surface area contributed by atoms with Crippen molar-refractivity contribution in [1.29, 1.82) is 0 Å². The first-order chi connectivity index (χ1) is 19.5. The Balaban J connectivity index is 2.03. The number of aromatic hydroxyl groups is 1. The van der Waals surface area contributed by atoms with Crippen LogP contribution in [-0.2, 0) is 21.6 Å². The number of aliphatic hydroxyl groups is 1. The van der Waals surface area contributed by atoms with E-state index in [1.165, 1.54) is 55.5 Å². The van der Waals surface area contributed by atoms with Gasteiger partial charge in [0.25, 0.3) is 5.56 Å². The summed E-state index contributed by atoms with van der Waals surface area (Å²) in [5.41, 5.74) is -3.64. The zero-order chi connectivity index (χ0) is 31.1. The van der Waals surface area contributed by atoms with Gasteiger partial charge in [0.1, 0.15) is 33.0 Å². The zero-order valence-electron chi connectivity index (χ0n) is 24.7. The van der Waals surface area contributed by atoms with E-state index in [0.29, 0.717) is 10.6 Å². The Kier molecular flexibility index (Phi) is 8.59. The summed E-state index contributed by atoms with van der Waals surface area (Å²) >= 11 is 1.10. The van der Waals surface area contributed by atoms with Crippen LogP contribution in [0.2, 0.25) is 0 Å². The zero-order valence-corrected chi connectivity index (χ0v) is 25.5. The van der Waals surface area contributed by atoms with Gasteiger partial charge in [-0.15, -0.1) is 4.80 Å². The third-order valence-corrected chi connectivity index (χ3v) is 8.23. The van der Waals surface area contributed by atoms with Gasteiger partial charge >= 0.3 is 5.69 Å². The molecule has 11 nitrogen and oxygen atoms in total. The highest BCUT2D eigenvalue weighted by molar-refractivity contribution is 7.21. The molecule has 0 aliphatic heterocycles. The first-order valence-corrected chi connectivity index (χ1v) is 14.4. The first-order valence-electron chi connectivity index (χ1n) is 13.5. The van der Waals surface area contributed by atoms with Crippen molar-refractivity contribution in [3.8, 4) is 10.8 Å². The summed E-state index contributed by atoms with van der Waals surface area (Å²) < 4.78 is 22.6. The van der Waals surface area contributed by atoms with E-state index in [1.807, 2.05) is 13.8 Å². The Bertz CT molecular complexity index is 1730. The minimum atomic E-state index is -1.50. The van der Waals surface area contributed by atoms with Crippen LogP contribution < -0.4 is 11.2 Å². The minimum absolute atomic E-state index is 0.00521. The van der Waals surface area contributed by atoms with Crippen molar-refractivity contribution in [1.82, 2.24) is 24.1 Å². The van der Waals surface area contributed by atoms with Gasteiger partial charge in [0, 0.05) is 17.5 Å². The number of halogens is 1. The molecule has 3 heterocycles. The lowest BCUT2D eigenvalue weighted by atomic mass is 9.91. The number of nitrogens with zero attached hydrogens (tertiary/aromatic N) is 5. The minimum Gasteiger partial charge on any atom is -0.508 e. The highest BCUT2D eigenvalue weighted by atomic mass is 32.1. The number of ether oxygens (including phenoxy) is 1. The van der Waals surface area contributed by atoms with Crippen molar-refractivity contribution < 1.29 is 24.1 Å². The molecule has 226 valence electrons. The predicted molar refractivity (Wildman–Crippen MR) is 157 cm³/mol. The normalized spacial score (nSPS) is 13.3. The lowest BCUT2D eigenvalue weighted by molar-refractivity contribution is -0.127. The second-order valence-corrected chi connectivity index (χ2v) is 12.9. The summed E-state index contributed by atoms with van der Waals surface area (Å²) in [5.74, 6) is -1.20. The smallest absolute Gasteiger partial charge is 0.333 e. The van der Waals surface area contributed by atoms with Crippen molar-refractivity contribution in [2.75, 3.05) is 6.61 Å². The molecule has 0 bridgehead atoms. The van der Waals surface area contributed by atoms with Crippen LogP contribution in [0.25, 0.3) is 15.2 Å². The molecule has 0 radical (unpaired) electrons. The van der Waals surface area contributed by atoms with Crippen molar-refractivity contribution >= 4 is 27.3 Å². The number of carbonyl (C=O) groups is 1. The quantitative estimate of drug-likeness (QED) is 0.264. The van der Waals surface area contributed by atoms with Crippen LogP contribution in [0.4, 0.5) is 4.39 Å². The molecule has 4 aromatic rings. The number of rotatable bonds is 11. The largest absolute Gasteiger partial charge is 0.508 e. The van der Waals surface area contributed by atoms with Gasteiger partial charge in [0.15, 0.2) is 5.78 Å². The summed E-state index contributed by atoms with van der Waals surface area (Å²) in [7, 11) is 0. The number of Topliss-reactive ketones (excluding diaryl/α,β-unsaturated/α-hetero) is 1. The Morgan fingerprint density at radius 2 is 1.79 bits per heavy atom. The molecule has 2 N–H and O–H groups in total. The average molecular weight is 602 g/mol. The Labute approximate surface area is 245 Å². The molecule has 0 unspecified atom stereocenters. The van der Waals surface area contributed by atoms with Crippen molar-refractivity contribution in [2.45, 2.75) is 78.7 Å². The predicted octanol–water partition coefficient (Wildman–Crippen LogP) is 3.84. The number of aromatic nitrogens is 5. The molecule has 0 saturated carbocycles. The van der Waals surface area contributed by atoms with Crippen molar-refractivity contribution in [3.05, 3.63) is 68.4 Å². The van der Waals surface area contributed by atoms with E-state index < -0.39 is 34.3 Å². The van der Waals surface area contributed by atoms with Crippen LogP contribution in [0.5, 0.6) is 5.75 Å². The van der Waals surface area contributed by atoms with Crippen LogP contribution in [-0.4, -0.2) is 52.3 Å².